The Morgan fingerprint density at radius 1 is 1.14 bits per heavy atom. The molecule has 0 bridgehead atoms. The first-order chi connectivity index (χ1) is 10.1. The molecule has 0 heterocycles. The third-order valence-electron chi connectivity index (χ3n) is 2.57. The number of benzene rings is 1. The van der Waals surface area contributed by atoms with Crippen LogP contribution >= 0.6 is 7.60 Å². The van der Waals surface area contributed by atoms with E-state index in [1.165, 1.54) is 0 Å². The molecular weight excluding hydrogens is 291 g/mol. The monoisotopic (exact) mass is 314 g/mol. The predicted octanol–water partition coefficient (Wildman–Crippen LogP) is 4.03. The lowest BCUT2D eigenvalue weighted by atomic mass is 10.2. The highest BCUT2D eigenvalue weighted by Crippen LogP contribution is 2.51. The van der Waals surface area contributed by atoms with E-state index >= 15 is 0 Å². The molecule has 0 N–H and O–H groups in total. The normalized spacial score (nSPS) is 11.2. The molecule has 1 aromatic carbocycles. The van der Waals surface area contributed by atoms with E-state index in [1.54, 1.807) is 45.2 Å². The Labute approximate surface area is 126 Å². The van der Waals surface area contributed by atoms with Crippen LogP contribution in [0.25, 0.3) is 0 Å². The third kappa shape index (κ3) is 5.92. The lowest BCUT2D eigenvalue weighted by molar-refractivity contribution is 0.219. The van der Waals surface area contributed by atoms with Crippen molar-refractivity contribution in [3.8, 4) is 11.5 Å². The van der Waals surface area contributed by atoms with Crippen LogP contribution in [0.5, 0.6) is 11.5 Å². The fourth-order valence-electron chi connectivity index (χ4n) is 1.82. The molecule has 0 fully saturated rings. The lowest BCUT2D eigenvalue weighted by Crippen LogP contribution is -2.00. The quantitative estimate of drug-likeness (QED) is 0.482. The van der Waals surface area contributed by atoms with E-state index < -0.39 is 7.60 Å². The minimum atomic E-state index is -3.15. The number of ether oxygens (including phenoxy) is 2. The van der Waals surface area contributed by atoms with Gasteiger partial charge in [0.2, 0.25) is 0 Å². The van der Waals surface area contributed by atoms with E-state index in [4.69, 9.17) is 18.5 Å². The third-order valence-corrected chi connectivity index (χ3v) is 4.63. The van der Waals surface area contributed by atoms with Crippen molar-refractivity contribution >= 4 is 7.60 Å². The standard InChI is InChI=1S/C15H23O5P/c1-5-8-18-15-10-13(9-14(11-15)17-4)12-21(16,19-6-2)20-7-3/h5,9-11H,1,6-8,12H2,2-4H3. The molecule has 0 aliphatic rings. The van der Waals surface area contributed by atoms with Crippen LogP contribution < -0.4 is 9.47 Å². The Kier molecular flexibility index (Phi) is 7.51. The molecule has 1 rings (SSSR count). The van der Waals surface area contributed by atoms with Gasteiger partial charge in [-0.3, -0.25) is 4.57 Å². The molecule has 0 amide bonds. The van der Waals surface area contributed by atoms with Crippen molar-refractivity contribution in [3.05, 3.63) is 36.4 Å². The van der Waals surface area contributed by atoms with Crippen molar-refractivity contribution in [3.63, 3.8) is 0 Å². The van der Waals surface area contributed by atoms with Crippen molar-refractivity contribution in [2.45, 2.75) is 20.0 Å². The number of rotatable bonds is 10. The molecule has 0 atom stereocenters. The van der Waals surface area contributed by atoms with Crippen molar-refractivity contribution < 1.29 is 23.1 Å². The molecule has 6 heteroatoms. The van der Waals surface area contributed by atoms with Crippen LogP contribution in [0.1, 0.15) is 19.4 Å². The van der Waals surface area contributed by atoms with E-state index in [9.17, 15) is 4.57 Å². The molecule has 0 aliphatic carbocycles. The highest BCUT2D eigenvalue weighted by molar-refractivity contribution is 7.53. The maximum Gasteiger partial charge on any atom is 0.335 e. The van der Waals surface area contributed by atoms with Gasteiger partial charge in [-0.05, 0) is 31.5 Å². The molecule has 0 saturated heterocycles. The number of hydrogen-bond acceptors (Lipinski definition) is 5. The second-order valence-electron chi connectivity index (χ2n) is 4.22. The predicted molar refractivity (Wildman–Crippen MR) is 83.2 cm³/mol. The van der Waals surface area contributed by atoms with Crippen LogP contribution in [0.4, 0.5) is 0 Å². The van der Waals surface area contributed by atoms with E-state index in [0.29, 0.717) is 31.3 Å². The van der Waals surface area contributed by atoms with E-state index in [-0.39, 0.29) is 6.16 Å². The number of hydrogen-bond donors (Lipinski definition) is 0. The van der Waals surface area contributed by atoms with Crippen LogP contribution in [-0.2, 0) is 19.8 Å². The van der Waals surface area contributed by atoms with Crippen molar-refractivity contribution in [2.75, 3.05) is 26.9 Å². The summed E-state index contributed by atoms with van der Waals surface area (Å²) in [6, 6.07) is 5.36. The molecule has 21 heavy (non-hydrogen) atoms. The fourth-order valence-corrected chi connectivity index (χ4v) is 3.50. The van der Waals surface area contributed by atoms with Gasteiger partial charge in [-0.1, -0.05) is 12.7 Å². The summed E-state index contributed by atoms with van der Waals surface area (Å²) in [5.41, 5.74) is 0.777. The van der Waals surface area contributed by atoms with Crippen molar-refractivity contribution in [1.82, 2.24) is 0 Å². The second-order valence-corrected chi connectivity index (χ2v) is 6.28. The molecule has 0 spiro atoms. The summed E-state index contributed by atoms with van der Waals surface area (Å²) < 4.78 is 33.9. The first kappa shape index (κ1) is 17.8. The molecule has 5 nitrogen and oxygen atoms in total. The van der Waals surface area contributed by atoms with E-state index in [1.807, 2.05) is 0 Å². The number of methoxy groups -OCH3 is 1. The second kappa shape index (κ2) is 8.88. The molecule has 0 unspecified atom stereocenters. The Bertz CT molecular complexity index is 491. The maximum absolute atomic E-state index is 12.6. The lowest BCUT2D eigenvalue weighted by Gasteiger charge is -2.18. The summed E-state index contributed by atoms with van der Waals surface area (Å²) in [6.07, 6.45) is 1.83. The topological polar surface area (TPSA) is 54.0 Å². The molecule has 0 aromatic heterocycles. The van der Waals surface area contributed by atoms with Crippen molar-refractivity contribution in [1.29, 1.82) is 0 Å². The Morgan fingerprint density at radius 2 is 1.76 bits per heavy atom. The average molecular weight is 314 g/mol. The Hall–Kier alpha value is -1.29. The summed E-state index contributed by atoms with van der Waals surface area (Å²) in [7, 11) is -1.58. The maximum atomic E-state index is 12.6. The smallest absolute Gasteiger partial charge is 0.335 e. The average Bonchev–Trinajstić information content (AvgIpc) is 2.45. The zero-order chi connectivity index (χ0) is 15.7. The largest absolute Gasteiger partial charge is 0.497 e. The van der Waals surface area contributed by atoms with Crippen LogP contribution in [-0.4, -0.2) is 26.9 Å². The molecule has 118 valence electrons. The fraction of sp³-hybridized carbons (Fsp3) is 0.467. The summed E-state index contributed by atoms with van der Waals surface area (Å²) >= 11 is 0. The summed E-state index contributed by atoms with van der Waals surface area (Å²) in [4.78, 5) is 0. The minimum Gasteiger partial charge on any atom is -0.497 e. The van der Waals surface area contributed by atoms with Gasteiger partial charge in [0.15, 0.2) is 0 Å². The van der Waals surface area contributed by atoms with Gasteiger partial charge in [0.25, 0.3) is 0 Å². The summed E-state index contributed by atoms with van der Waals surface area (Å²) in [5.74, 6) is 1.26. The molecule has 0 radical (unpaired) electrons. The van der Waals surface area contributed by atoms with Crippen LogP contribution in [0.2, 0.25) is 0 Å². The Morgan fingerprint density at radius 3 is 2.29 bits per heavy atom. The molecule has 0 saturated carbocycles. The first-order valence-electron chi connectivity index (χ1n) is 6.86. The van der Waals surface area contributed by atoms with Crippen molar-refractivity contribution in [2.24, 2.45) is 0 Å². The minimum absolute atomic E-state index is 0.177. The van der Waals surface area contributed by atoms with Gasteiger partial charge in [-0.15, -0.1) is 0 Å². The van der Waals surface area contributed by atoms with Gasteiger partial charge in [0.1, 0.15) is 18.1 Å². The molecule has 0 aliphatic heterocycles. The Balaban J connectivity index is 2.98. The van der Waals surface area contributed by atoms with Gasteiger partial charge >= 0.3 is 7.60 Å². The van der Waals surface area contributed by atoms with Gasteiger partial charge < -0.3 is 18.5 Å². The summed E-state index contributed by atoms with van der Waals surface area (Å²) in [5, 5.41) is 0. The van der Waals surface area contributed by atoms with Gasteiger partial charge in [0, 0.05) is 6.07 Å². The van der Waals surface area contributed by atoms with Crippen LogP contribution in [0, 0.1) is 0 Å². The molecule has 1 aromatic rings. The molecular formula is C15H23O5P. The van der Waals surface area contributed by atoms with Gasteiger partial charge in [-0.25, -0.2) is 0 Å². The van der Waals surface area contributed by atoms with E-state index in [0.717, 1.165) is 5.56 Å². The highest BCUT2D eigenvalue weighted by atomic mass is 31.2. The van der Waals surface area contributed by atoms with E-state index in [2.05, 4.69) is 6.58 Å². The van der Waals surface area contributed by atoms with Gasteiger partial charge in [0.05, 0.1) is 26.5 Å². The highest BCUT2D eigenvalue weighted by Gasteiger charge is 2.24. The van der Waals surface area contributed by atoms with Crippen LogP contribution in [0.15, 0.2) is 30.9 Å². The SMILES string of the molecule is C=CCOc1cc(CP(=O)(OCC)OCC)cc(OC)c1. The first-order valence-corrected chi connectivity index (χ1v) is 8.59. The summed E-state index contributed by atoms with van der Waals surface area (Å²) in [6.45, 7) is 8.24. The van der Waals surface area contributed by atoms with Gasteiger partial charge in [-0.2, -0.15) is 0 Å². The zero-order valence-electron chi connectivity index (χ0n) is 12.8. The van der Waals surface area contributed by atoms with Crippen LogP contribution in [0.3, 0.4) is 0 Å². The zero-order valence-corrected chi connectivity index (χ0v) is 13.7.